The first kappa shape index (κ1) is 19.6. The second-order valence-electron chi connectivity index (χ2n) is 8.23. The first-order valence-corrected chi connectivity index (χ1v) is 11.9. The smallest absolute Gasteiger partial charge is 0.192 e. The average molecular weight is 355 g/mol. The van der Waals surface area contributed by atoms with Crippen molar-refractivity contribution >= 4 is 14.1 Å². The SMILES string of the molecule is CC(C(=O)c1ccccc1)C(O[Si](C)(C)C(C)(C)C)c1ccccc1. The summed E-state index contributed by atoms with van der Waals surface area (Å²) in [5, 5.41) is 0.0928. The first-order valence-electron chi connectivity index (χ1n) is 8.95. The number of hydrogen-bond donors (Lipinski definition) is 0. The third-order valence-electron chi connectivity index (χ3n) is 5.28. The summed E-state index contributed by atoms with van der Waals surface area (Å²) in [4.78, 5) is 13.0. The number of Topliss-reactive ketones (excluding diaryl/α,β-unsaturated/α-hetero) is 1. The Labute approximate surface area is 153 Å². The van der Waals surface area contributed by atoms with E-state index in [1.165, 1.54) is 0 Å². The van der Waals surface area contributed by atoms with Crippen LogP contribution in [0.3, 0.4) is 0 Å². The number of carbonyl (C=O) groups excluding carboxylic acids is 1. The number of carbonyl (C=O) groups is 1. The van der Waals surface area contributed by atoms with Crippen molar-refractivity contribution in [2.75, 3.05) is 0 Å². The van der Waals surface area contributed by atoms with E-state index in [2.05, 4.69) is 46.0 Å². The zero-order chi connectivity index (χ0) is 18.7. The van der Waals surface area contributed by atoms with Crippen molar-refractivity contribution < 1.29 is 9.22 Å². The van der Waals surface area contributed by atoms with Crippen molar-refractivity contribution in [2.24, 2.45) is 5.92 Å². The van der Waals surface area contributed by atoms with Crippen LogP contribution in [-0.2, 0) is 4.43 Å². The van der Waals surface area contributed by atoms with E-state index in [0.717, 1.165) is 11.1 Å². The summed E-state index contributed by atoms with van der Waals surface area (Å²) < 4.78 is 6.71. The summed E-state index contributed by atoms with van der Waals surface area (Å²) in [5.74, 6) is -0.105. The molecule has 2 aromatic rings. The van der Waals surface area contributed by atoms with Crippen molar-refractivity contribution in [3.63, 3.8) is 0 Å². The van der Waals surface area contributed by atoms with Crippen LogP contribution >= 0.6 is 0 Å². The lowest BCUT2D eigenvalue weighted by molar-refractivity contribution is 0.0739. The fourth-order valence-corrected chi connectivity index (χ4v) is 3.93. The van der Waals surface area contributed by atoms with Crippen LogP contribution in [0, 0.1) is 5.92 Å². The van der Waals surface area contributed by atoms with Crippen LogP contribution in [0.15, 0.2) is 60.7 Å². The molecule has 2 atom stereocenters. The maximum Gasteiger partial charge on any atom is 0.192 e. The fourth-order valence-electron chi connectivity index (χ4n) is 2.60. The minimum Gasteiger partial charge on any atom is -0.409 e. The van der Waals surface area contributed by atoms with Crippen molar-refractivity contribution in [1.29, 1.82) is 0 Å². The highest BCUT2D eigenvalue weighted by atomic mass is 28.4. The molecular formula is C22H30O2Si. The Morgan fingerprint density at radius 3 is 1.88 bits per heavy atom. The molecule has 0 aliphatic heterocycles. The second-order valence-corrected chi connectivity index (χ2v) is 13.0. The Bertz CT molecular complexity index is 687. The van der Waals surface area contributed by atoms with Gasteiger partial charge in [0.05, 0.1) is 6.10 Å². The summed E-state index contributed by atoms with van der Waals surface area (Å²) in [6.07, 6.45) is -0.227. The van der Waals surface area contributed by atoms with E-state index in [1.54, 1.807) is 0 Å². The molecule has 0 bridgehead atoms. The topological polar surface area (TPSA) is 26.3 Å². The lowest BCUT2D eigenvalue weighted by atomic mass is 9.90. The summed E-state index contributed by atoms with van der Waals surface area (Å²) >= 11 is 0. The molecule has 134 valence electrons. The Morgan fingerprint density at radius 2 is 1.40 bits per heavy atom. The van der Waals surface area contributed by atoms with E-state index in [-0.39, 0.29) is 22.8 Å². The molecule has 2 aromatic carbocycles. The van der Waals surface area contributed by atoms with Gasteiger partial charge in [0.2, 0.25) is 0 Å². The summed E-state index contributed by atoms with van der Waals surface area (Å²) in [5.41, 5.74) is 1.82. The van der Waals surface area contributed by atoms with Gasteiger partial charge in [-0.25, -0.2) is 0 Å². The average Bonchev–Trinajstić information content (AvgIpc) is 2.59. The first-order chi connectivity index (χ1) is 11.6. The van der Waals surface area contributed by atoms with Gasteiger partial charge < -0.3 is 4.43 Å². The molecule has 0 saturated heterocycles. The zero-order valence-corrected chi connectivity index (χ0v) is 17.2. The highest BCUT2D eigenvalue weighted by molar-refractivity contribution is 6.74. The minimum atomic E-state index is -2.01. The largest absolute Gasteiger partial charge is 0.409 e. The summed E-state index contributed by atoms with van der Waals surface area (Å²) in [7, 11) is -2.01. The van der Waals surface area contributed by atoms with Gasteiger partial charge in [0, 0.05) is 11.5 Å². The van der Waals surface area contributed by atoms with Gasteiger partial charge in [0.25, 0.3) is 0 Å². The van der Waals surface area contributed by atoms with Crippen LogP contribution in [0.25, 0.3) is 0 Å². The highest BCUT2D eigenvalue weighted by Crippen LogP contribution is 2.42. The normalized spacial score (nSPS) is 14.8. The standard InChI is InChI=1S/C22H30O2Si/c1-17(20(23)18-13-9-7-10-14-18)21(19-15-11-8-12-16-19)24-25(5,6)22(2,3)4/h7-17,21H,1-6H3. The van der Waals surface area contributed by atoms with Gasteiger partial charge in [0.1, 0.15) is 0 Å². The molecule has 0 aliphatic rings. The molecule has 0 amide bonds. The highest BCUT2D eigenvalue weighted by Gasteiger charge is 2.41. The molecule has 0 aliphatic carbocycles. The minimum absolute atomic E-state index is 0.0928. The quantitative estimate of drug-likeness (QED) is 0.451. The molecule has 3 heteroatoms. The van der Waals surface area contributed by atoms with Crippen molar-refractivity contribution in [3.05, 3.63) is 71.8 Å². The Kier molecular flexibility index (Phi) is 6.02. The Morgan fingerprint density at radius 1 is 0.920 bits per heavy atom. The predicted molar refractivity (Wildman–Crippen MR) is 107 cm³/mol. The fraction of sp³-hybridized carbons (Fsp3) is 0.409. The lowest BCUT2D eigenvalue weighted by Gasteiger charge is -2.41. The van der Waals surface area contributed by atoms with Gasteiger partial charge in [-0.1, -0.05) is 88.4 Å². The summed E-state index contributed by atoms with van der Waals surface area (Å²) in [6, 6.07) is 19.7. The van der Waals surface area contributed by atoms with Crippen LogP contribution in [-0.4, -0.2) is 14.1 Å². The third kappa shape index (κ3) is 4.68. The van der Waals surface area contributed by atoms with Crippen molar-refractivity contribution in [1.82, 2.24) is 0 Å². The van der Waals surface area contributed by atoms with Gasteiger partial charge >= 0.3 is 0 Å². The van der Waals surface area contributed by atoms with E-state index in [0.29, 0.717) is 0 Å². The van der Waals surface area contributed by atoms with Crippen LogP contribution in [0.4, 0.5) is 0 Å². The van der Waals surface area contributed by atoms with Crippen LogP contribution in [0.2, 0.25) is 18.1 Å². The molecule has 2 unspecified atom stereocenters. The molecule has 0 N–H and O–H groups in total. The van der Waals surface area contributed by atoms with Crippen LogP contribution in [0.5, 0.6) is 0 Å². The molecule has 0 saturated carbocycles. The second kappa shape index (κ2) is 7.67. The van der Waals surface area contributed by atoms with Gasteiger partial charge in [-0.05, 0) is 23.7 Å². The van der Waals surface area contributed by atoms with E-state index in [9.17, 15) is 4.79 Å². The third-order valence-corrected chi connectivity index (χ3v) is 9.74. The van der Waals surface area contributed by atoms with E-state index in [1.807, 2.05) is 55.5 Å². The maximum absolute atomic E-state index is 13.0. The molecule has 0 fully saturated rings. The predicted octanol–water partition coefficient (Wildman–Crippen LogP) is 6.27. The maximum atomic E-state index is 13.0. The summed E-state index contributed by atoms with van der Waals surface area (Å²) in [6.45, 7) is 13.1. The van der Waals surface area contributed by atoms with E-state index >= 15 is 0 Å². The molecule has 0 heterocycles. The number of benzene rings is 2. The molecule has 0 aromatic heterocycles. The molecule has 2 rings (SSSR count). The molecule has 0 radical (unpaired) electrons. The van der Waals surface area contributed by atoms with Crippen molar-refractivity contribution in [2.45, 2.75) is 51.9 Å². The number of ketones is 1. The lowest BCUT2D eigenvalue weighted by Crippen LogP contribution is -2.43. The van der Waals surface area contributed by atoms with E-state index in [4.69, 9.17) is 4.43 Å². The van der Waals surface area contributed by atoms with Gasteiger partial charge in [-0.3, -0.25) is 4.79 Å². The number of hydrogen-bond acceptors (Lipinski definition) is 2. The Hall–Kier alpha value is -1.71. The molecule has 0 spiro atoms. The molecular weight excluding hydrogens is 324 g/mol. The van der Waals surface area contributed by atoms with Gasteiger partial charge in [-0.15, -0.1) is 0 Å². The molecule has 2 nitrogen and oxygen atoms in total. The Balaban J connectivity index is 2.37. The monoisotopic (exact) mass is 354 g/mol. The van der Waals surface area contributed by atoms with Crippen LogP contribution < -0.4 is 0 Å². The zero-order valence-electron chi connectivity index (χ0n) is 16.2. The van der Waals surface area contributed by atoms with Gasteiger partial charge in [0.15, 0.2) is 14.1 Å². The molecule has 25 heavy (non-hydrogen) atoms. The number of rotatable bonds is 6. The van der Waals surface area contributed by atoms with Gasteiger partial charge in [-0.2, -0.15) is 0 Å². The van der Waals surface area contributed by atoms with E-state index < -0.39 is 8.32 Å². The van der Waals surface area contributed by atoms with Crippen LogP contribution in [0.1, 0.15) is 49.7 Å². The van der Waals surface area contributed by atoms with Crippen molar-refractivity contribution in [3.8, 4) is 0 Å².